The highest BCUT2D eigenvalue weighted by molar-refractivity contribution is 5.99. The van der Waals surface area contributed by atoms with E-state index in [2.05, 4.69) is 5.32 Å². The lowest BCUT2D eigenvalue weighted by atomic mass is 9.88. The molecule has 0 bridgehead atoms. The van der Waals surface area contributed by atoms with Crippen molar-refractivity contribution in [3.63, 3.8) is 0 Å². The predicted molar refractivity (Wildman–Crippen MR) is 80.7 cm³/mol. The molecule has 1 heterocycles. The van der Waals surface area contributed by atoms with Crippen LogP contribution in [-0.2, 0) is 0 Å². The number of amides is 1. The molecule has 0 fully saturated rings. The van der Waals surface area contributed by atoms with Gasteiger partial charge < -0.3 is 15.5 Å². The molecule has 1 amide bonds. The second-order valence-corrected chi connectivity index (χ2v) is 5.78. The summed E-state index contributed by atoms with van der Waals surface area (Å²) >= 11 is 0. The van der Waals surface area contributed by atoms with E-state index in [1.165, 1.54) is 0 Å². The summed E-state index contributed by atoms with van der Waals surface area (Å²) in [6, 6.07) is 7.65. The van der Waals surface area contributed by atoms with Crippen molar-refractivity contribution in [2.75, 3.05) is 6.54 Å². The maximum absolute atomic E-state index is 12.5. The summed E-state index contributed by atoms with van der Waals surface area (Å²) in [6.45, 7) is 8.32. The molecule has 0 saturated heterocycles. The van der Waals surface area contributed by atoms with E-state index in [4.69, 9.17) is 10.2 Å². The van der Waals surface area contributed by atoms with Crippen molar-refractivity contribution in [2.24, 2.45) is 11.7 Å². The normalized spacial score (nSPS) is 14.5. The second kappa shape index (κ2) is 5.29. The fourth-order valence-electron chi connectivity index (χ4n) is 2.14. The number of aryl methyl sites for hydroxylation is 1. The molecule has 0 saturated carbocycles. The maximum Gasteiger partial charge on any atom is 0.287 e. The van der Waals surface area contributed by atoms with Crippen LogP contribution in [0.25, 0.3) is 11.0 Å². The van der Waals surface area contributed by atoms with Gasteiger partial charge in [0.1, 0.15) is 5.58 Å². The number of fused-ring (bicyclic) bond motifs is 1. The molecule has 4 heteroatoms. The molecule has 2 aromatic rings. The van der Waals surface area contributed by atoms with E-state index in [9.17, 15) is 4.79 Å². The number of nitrogens with one attached hydrogen (secondary N) is 1. The number of carbonyl (C=O) groups is 1. The highest BCUT2D eigenvalue weighted by Crippen LogP contribution is 2.25. The van der Waals surface area contributed by atoms with E-state index >= 15 is 0 Å². The minimum atomic E-state index is -0.442. The van der Waals surface area contributed by atoms with Gasteiger partial charge in [0.05, 0.1) is 5.54 Å². The van der Waals surface area contributed by atoms with Crippen molar-refractivity contribution in [1.82, 2.24) is 5.32 Å². The first-order valence-electron chi connectivity index (χ1n) is 6.89. The van der Waals surface area contributed by atoms with Crippen LogP contribution in [0.4, 0.5) is 0 Å². The van der Waals surface area contributed by atoms with Crippen LogP contribution in [0.3, 0.4) is 0 Å². The largest absolute Gasteiger partial charge is 0.451 e. The lowest BCUT2D eigenvalue weighted by Crippen LogP contribution is -2.55. The molecular formula is C16H22N2O2. The molecule has 0 aliphatic rings. The molecule has 108 valence electrons. The Hall–Kier alpha value is -1.81. The molecule has 4 nitrogen and oxygen atoms in total. The zero-order valence-corrected chi connectivity index (χ0v) is 12.5. The Morgan fingerprint density at radius 1 is 1.40 bits per heavy atom. The van der Waals surface area contributed by atoms with Crippen LogP contribution in [0.1, 0.15) is 36.9 Å². The Morgan fingerprint density at radius 3 is 2.60 bits per heavy atom. The van der Waals surface area contributed by atoms with Crippen molar-refractivity contribution >= 4 is 16.9 Å². The number of nitrogens with two attached hydrogens (primary N) is 1. The van der Waals surface area contributed by atoms with Gasteiger partial charge in [0.15, 0.2) is 5.76 Å². The minimum Gasteiger partial charge on any atom is -0.451 e. The number of carbonyl (C=O) groups excluding carboxylic acids is 1. The Morgan fingerprint density at radius 2 is 2.05 bits per heavy atom. The van der Waals surface area contributed by atoms with Crippen molar-refractivity contribution in [3.05, 3.63) is 35.6 Å². The fraction of sp³-hybridized carbons (Fsp3) is 0.438. The third-order valence-electron chi connectivity index (χ3n) is 4.15. The van der Waals surface area contributed by atoms with Crippen LogP contribution in [0, 0.1) is 12.8 Å². The quantitative estimate of drug-likeness (QED) is 0.900. The summed E-state index contributed by atoms with van der Waals surface area (Å²) in [5, 5.41) is 3.97. The van der Waals surface area contributed by atoms with Gasteiger partial charge in [-0.1, -0.05) is 32.0 Å². The van der Waals surface area contributed by atoms with E-state index in [1.54, 1.807) is 0 Å². The number of para-hydroxylation sites is 1. The number of benzene rings is 1. The number of furan rings is 1. The maximum atomic E-state index is 12.5. The molecule has 0 aliphatic heterocycles. The summed E-state index contributed by atoms with van der Waals surface area (Å²) in [4.78, 5) is 12.5. The smallest absolute Gasteiger partial charge is 0.287 e. The van der Waals surface area contributed by atoms with E-state index in [0.717, 1.165) is 16.5 Å². The predicted octanol–water partition coefficient (Wildman–Crippen LogP) is 2.84. The average molecular weight is 274 g/mol. The first-order valence-corrected chi connectivity index (χ1v) is 6.89. The monoisotopic (exact) mass is 274 g/mol. The molecule has 2 rings (SSSR count). The summed E-state index contributed by atoms with van der Waals surface area (Å²) in [6.07, 6.45) is 0. The van der Waals surface area contributed by atoms with Crippen molar-refractivity contribution in [3.8, 4) is 0 Å². The van der Waals surface area contributed by atoms with E-state index < -0.39 is 5.54 Å². The molecule has 0 spiro atoms. The Balaban J connectivity index is 2.35. The lowest BCUT2D eigenvalue weighted by molar-refractivity contribution is 0.0856. The van der Waals surface area contributed by atoms with Gasteiger partial charge in [-0.3, -0.25) is 4.79 Å². The highest BCUT2D eigenvalue weighted by atomic mass is 16.3. The standard InChI is InChI=1S/C16H22N2O2/c1-10(2)16(4,9-17)18-15(19)14-11(3)12-7-5-6-8-13(12)20-14/h5-8,10H,9,17H2,1-4H3,(H,18,19). The number of hydrogen-bond acceptors (Lipinski definition) is 3. The molecular weight excluding hydrogens is 252 g/mol. The van der Waals surface area contributed by atoms with Crippen LogP contribution >= 0.6 is 0 Å². The van der Waals surface area contributed by atoms with Gasteiger partial charge in [0.2, 0.25) is 0 Å². The molecule has 0 aliphatic carbocycles. The van der Waals surface area contributed by atoms with Crippen LogP contribution in [0.5, 0.6) is 0 Å². The third kappa shape index (κ3) is 2.43. The molecule has 20 heavy (non-hydrogen) atoms. The van der Waals surface area contributed by atoms with Crippen LogP contribution in [-0.4, -0.2) is 18.0 Å². The van der Waals surface area contributed by atoms with Gasteiger partial charge in [-0.05, 0) is 25.8 Å². The van der Waals surface area contributed by atoms with Gasteiger partial charge in [-0.25, -0.2) is 0 Å². The third-order valence-corrected chi connectivity index (χ3v) is 4.15. The van der Waals surface area contributed by atoms with E-state index in [-0.39, 0.29) is 11.8 Å². The fourth-order valence-corrected chi connectivity index (χ4v) is 2.14. The Bertz CT molecular complexity index is 630. The molecule has 1 aromatic heterocycles. The van der Waals surface area contributed by atoms with Crippen molar-refractivity contribution < 1.29 is 9.21 Å². The number of hydrogen-bond donors (Lipinski definition) is 2. The van der Waals surface area contributed by atoms with Crippen molar-refractivity contribution in [1.29, 1.82) is 0 Å². The van der Waals surface area contributed by atoms with Crippen molar-refractivity contribution in [2.45, 2.75) is 33.2 Å². The lowest BCUT2D eigenvalue weighted by Gasteiger charge is -2.33. The first-order chi connectivity index (χ1) is 9.39. The number of rotatable bonds is 4. The van der Waals surface area contributed by atoms with Gasteiger partial charge in [0.25, 0.3) is 5.91 Å². The van der Waals surface area contributed by atoms with Crippen LogP contribution in [0.15, 0.2) is 28.7 Å². The van der Waals surface area contributed by atoms with Gasteiger partial charge in [-0.15, -0.1) is 0 Å². The minimum absolute atomic E-state index is 0.208. The Labute approximate surface area is 119 Å². The molecule has 1 unspecified atom stereocenters. The summed E-state index contributed by atoms with van der Waals surface area (Å²) < 4.78 is 5.68. The molecule has 0 radical (unpaired) electrons. The summed E-state index contributed by atoms with van der Waals surface area (Å²) in [5.41, 5.74) is 6.95. The average Bonchev–Trinajstić information content (AvgIpc) is 2.76. The zero-order chi connectivity index (χ0) is 14.9. The van der Waals surface area contributed by atoms with Crippen LogP contribution in [0.2, 0.25) is 0 Å². The first kappa shape index (κ1) is 14.6. The molecule has 1 aromatic carbocycles. The molecule has 1 atom stereocenters. The second-order valence-electron chi connectivity index (χ2n) is 5.78. The van der Waals surface area contributed by atoms with Crippen LogP contribution < -0.4 is 11.1 Å². The van der Waals surface area contributed by atoms with Gasteiger partial charge in [0, 0.05) is 17.5 Å². The van der Waals surface area contributed by atoms with Gasteiger partial charge in [-0.2, -0.15) is 0 Å². The highest BCUT2D eigenvalue weighted by Gasteiger charge is 2.30. The van der Waals surface area contributed by atoms with E-state index in [1.807, 2.05) is 52.0 Å². The summed E-state index contributed by atoms with van der Waals surface area (Å²) in [7, 11) is 0. The topological polar surface area (TPSA) is 68.3 Å². The SMILES string of the molecule is Cc1c(C(=O)NC(C)(CN)C(C)C)oc2ccccc12. The van der Waals surface area contributed by atoms with E-state index in [0.29, 0.717) is 12.3 Å². The summed E-state index contributed by atoms with van der Waals surface area (Å²) in [5.74, 6) is 0.396. The molecule has 3 N–H and O–H groups in total. The Kier molecular flexibility index (Phi) is 3.86. The van der Waals surface area contributed by atoms with Gasteiger partial charge >= 0.3 is 0 Å². The zero-order valence-electron chi connectivity index (χ0n) is 12.5.